The summed E-state index contributed by atoms with van der Waals surface area (Å²) in [5.41, 5.74) is 0. The highest BCUT2D eigenvalue weighted by Crippen LogP contribution is 2.35. The molecule has 0 saturated heterocycles. The summed E-state index contributed by atoms with van der Waals surface area (Å²) in [6.45, 7) is 4.65. The Morgan fingerprint density at radius 3 is 2.40 bits per heavy atom. The Hall–Kier alpha value is -0.0400. The Bertz CT molecular complexity index is 151. The smallest absolute Gasteiger partial charge is 0.00923 e. The fourth-order valence-electron chi connectivity index (χ4n) is 2.59. The molecule has 0 radical (unpaired) electrons. The van der Waals surface area contributed by atoms with Gasteiger partial charge in [0.25, 0.3) is 0 Å². The van der Waals surface area contributed by atoms with Gasteiger partial charge in [-0.1, -0.05) is 46.0 Å². The van der Waals surface area contributed by atoms with Crippen LogP contribution in [-0.4, -0.2) is 13.1 Å². The van der Waals surface area contributed by atoms with E-state index in [0.717, 1.165) is 17.9 Å². The molecule has 0 aromatic carbocycles. The van der Waals surface area contributed by atoms with Gasteiger partial charge in [0.05, 0.1) is 0 Å². The molecule has 15 heavy (non-hydrogen) atoms. The largest absolute Gasteiger partial charge is 0.317 e. The maximum Gasteiger partial charge on any atom is 0.00923 e. The first kappa shape index (κ1) is 13.0. The lowest BCUT2D eigenvalue weighted by molar-refractivity contribution is 0.308. The molecule has 0 aliphatic heterocycles. The van der Waals surface area contributed by atoms with Gasteiger partial charge in [-0.05, 0) is 38.1 Å². The van der Waals surface area contributed by atoms with Crippen LogP contribution in [0.3, 0.4) is 0 Å². The van der Waals surface area contributed by atoms with Crippen LogP contribution < -0.4 is 5.32 Å². The summed E-state index contributed by atoms with van der Waals surface area (Å²) in [6, 6.07) is 0.780. The number of rotatable bonds is 9. The third-order valence-corrected chi connectivity index (χ3v) is 3.98. The maximum absolute atomic E-state index is 3.55. The molecular weight excluding hydrogens is 182 g/mol. The van der Waals surface area contributed by atoms with Gasteiger partial charge in [0.1, 0.15) is 0 Å². The van der Waals surface area contributed by atoms with Crippen molar-refractivity contribution in [3.05, 3.63) is 0 Å². The Balaban J connectivity index is 2.23. The van der Waals surface area contributed by atoms with Gasteiger partial charge in [-0.2, -0.15) is 0 Å². The van der Waals surface area contributed by atoms with E-state index < -0.39 is 0 Å². The van der Waals surface area contributed by atoms with E-state index in [1.165, 1.54) is 51.4 Å². The fourth-order valence-corrected chi connectivity index (χ4v) is 2.59. The summed E-state index contributed by atoms with van der Waals surface area (Å²) in [6.07, 6.45) is 11.4. The zero-order chi connectivity index (χ0) is 11.1. The van der Waals surface area contributed by atoms with Gasteiger partial charge in [-0.25, -0.2) is 0 Å². The van der Waals surface area contributed by atoms with Gasteiger partial charge in [0, 0.05) is 6.04 Å². The number of hydrogen-bond donors (Lipinski definition) is 1. The van der Waals surface area contributed by atoms with Crippen molar-refractivity contribution >= 4 is 0 Å². The second-order valence-corrected chi connectivity index (χ2v) is 5.23. The molecule has 0 aromatic heterocycles. The molecule has 1 saturated carbocycles. The molecule has 0 aromatic rings. The quantitative estimate of drug-likeness (QED) is 0.608. The molecule has 0 amide bonds. The molecule has 2 atom stereocenters. The number of nitrogens with one attached hydrogen (secondary N) is 1. The predicted molar refractivity (Wildman–Crippen MR) is 68.1 cm³/mol. The zero-order valence-corrected chi connectivity index (χ0v) is 10.9. The molecule has 2 unspecified atom stereocenters. The molecule has 1 fully saturated rings. The van der Waals surface area contributed by atoms with Gasteiger partial charge in [0.2, 0.25) is 0 Å². The van der Waals surface area contributed by atoms with E-state index in [-0.39, 0.29) is 0 Å². The molecule has 0 bridgehead atoms. The van der Waals surface area contributed by atoms with Crippen LogP contribution in [0.1, 0.15) is 65.2 Å². The van der Waals surface area contributed by atoms with Gasteiger partial charge in [-0.15, -0.1) is 0 Å². The first-order valence-corrected chi connectivity index (χ1v) is 6.99. The molecule has 1 nitrogen and oxygen atoms in total. The van der Waals surface area contributed by atoms with E-state index in [2.05, 4.69) is 26.2 Å². The van der Waals surface area contributed by atoms with Crippen molar-refractivity contribution in [2.24, 2.45) is 11.8 Å². The first-order chi connectivity index (χ1) is 7.31. The SMILES string of the molecule is CCCCC(CC)C(CCC1CC1)NC. The Kier molecular flexibility index (Phi) is 6.31. The van der Waals surface area contributed by atoms with Crippen LogP contribution in [0.2, 0.25) is 0 Å². The van der Waals surface area contributed by atoms with Crippen LogP contribution >= 0.6 is 0 Å². The standard InChI is InChI=1S/C14H29N/c1-4-6-7-13(5-2)14(15-3)11-10-12-8-9-12/h12-15H,4-11H2,1-3H3. The third kappa shape index (κ3) is 5.01. The van der Waals surface area contributed by atoms with Crippen molar-refractivity contribution in [3.8, 4) is 0 Å². The molecule has 0 spiro atoms. The van der Waals surface area contributed by atoms with Crippen LogP contribution in [0.4, 0.5) is 0 Å². The molecule has 1 rings (SSSR count). The molecule has 1 aliphatic rings. The highest BCUT2D eigenvalue weighted by Gasteiger charge is 2.24. The van der Waals surface area contributed by atoms with E-state index >= 15 is 0 Å². The topological polar surface area (TPSA) is 12.0 Å². The number of unbranched alkanes of at least 4 members (excludes halogenated alkanes) is 1. The summed E-state index contributed by atoms with van der Waals surface area (Å²) < 4.78 is 0. The van der Waals surface area contributed by atoms with Gasteiger partial charge >= 0.3 is 0 Å². The minimum Gasteiger partial charge on any atom is -0.317 e. The van der Waals surface area contributed by atoms with E-state index in [9.17, 15) is 0 Å². The third-order valence-electron chi connectivity index (χ3n) is 3.98. The highest BCUT2D eigenvalue weighted by molar-refractivity contribution is 4.79. The molecule has 0 heterocycles. The predicted octanol–water partition coefficient (Wildman–Crippen LogP) is 3.98. The average Bonchev–Trinajstić information content (AvgIpc) is 3.06. The monoisotopic (exact) mass is 211 g/mol. The van der Waals surface area contributed by atoms with Crippen LogP contribution in [0.25, 0.3) is 0 Å². The summed E-state index contributed by atoms with van der Waals surface area (Å²) >= 11 is 0. The Morgan fingerprint density at radius 2 is 1.93 bits per heavy atom. The fraction of sp³-hybridized carbons (Fsp3) is 1.00. The zero-order valence-electron chi connectivity index (χ0n) is 10.9. The Morgan fingerprint density at radius 1 is 1.20 bits per heavy atom. The van der Waals surface area contributed by atoms with Gasteiger partial charge in [-0.3, -0.25) is 0 Å². The van der Waals surface area contributed by atoms with E-state index in [1.807, 2.05) is 0 Å². The normalized spacial score (nSPS) is 20.2. The minimum absolute atomic E-state index is 0.780. The second kappa shape index (κ2) is 7.27. The molecule has 90 valence electrons. The van der Waals surface area contributed by atoms with Gasteiger partial charge < -0.3 is 5.32 Å². The molecular formula is C14H29N. The van der Waals surface area contributed by atoms with Crippen LogP contribution in [0.15, 0.2) is 0 Å². The van der Waals surface area contributed by atoms with Crippen molar-refractivity contribution < 1.29 is 0 Å². The van der Waals surface area contributed by atoms with Crippen LogP contribution in [0.5, 0.6) is 0 Å². The Labute approximate surface area is 96.0 Å². The maximum atomic E-state index is 3.55. The van der Waals surface area contributed by atoms with Crippen molar-refractivity contribution in [1.82, 2.24) is 5.32 Å². The summed E-state index contributed by atoms with van der Waals surface area (Å²) in [5.74, 6) is 2.00. The van der Waals surface area contributed by atoms with E-state index in [0.29, 0.717) is 0 Å². The van der Waals surface area contributed by atoms with Crippen molar-refractivity contribution in [3.63, 3.8) is 0 Å². The lowest BCUT2D eigenvalue weighted by Crippen LogP contribution is -2.33. The summed E-state index contributed by atoms with van der Waals surface area (Å²) in [5, 5.41) is 3.55. The molecule has 1 N–H and O–H groups in total. The van der Waals surface area contributed by atoms with E-state index in [1.54, 1.807) is 0 Å². The van der Waals surface area contributed by atoms with Crippen LogP contribution in [0, 0.1) is 11.8 Å². The van der Waals surface area contributed by atoms with Crippen molar-refractivity contribution in [2.75, 3.05) is 7.05 Å². The summed E-state index contributed by atoms with van der Waals surface area (Å²) in [7, 11) is 2.15. The minimum atomic E-state index is 0.780. The van der Waals surface area contributed by atoms with Gasteiger partial charge in [0.15, 0.2) is 0 Å². The van der Waals surface area contributed by atoms with E-state index in [4.69, 9.17) is 0 Å². The van der Waals surface area contributed by atoms with Crippen LogP contribution in [-0.2, 0) is 0 Å². The van der Waals surface area contributed by atoms with Crippen molar-refractivity contribution in [1.29, 1.82) is 0 Å². The lowest BCUT2D eigenvalue weighted by Gasteiger charge is -2.26. The first-order valence-electron chi connectivity index (χ1n) is 6.99. The second-order valence-electron chi connectivity index (χ2n) is 5.23. The highest BCUT2D eigenvalue weighted by atomic mass is 14.9. The molecule has 1 heteroatoms. The number of hydrogen-bond acceptors (Lipinski definition) is 1. The average molecular weight is 211 g/mol. The summed E-state index contributed by atoms with van der Waals surface area (Å²) in [4.78, 5) is 0. The lowest BCUT2D eigenvalue weighted by atomic mass is 9.88. The molecule has 1 aliphatic carbocycles. The van der Waals surface area contributed by atoms with Crippen molar-refractivity contribution in [2.45, 2.75) is 71.3 Å².